The van der Waals surface area contributed by atoms with Gasteiger partial charge in [-0.15, -0.1) is 11.3 Å². The third kappa shape index (κ3) is 5.29. The second-order valence-electron chi connectivity index (χ2n) is 8.91. The second-order valence-corrected chi connectivity index (χ2v) is 9.77. The lowest BCUT2D eigenvalue weighted by Crippen LogP contribution is -2.25. The monoisotopic (exact) mass is 558 g/mol. The number of ether oxygens (including phenoxy) is 1. The van der Waals surface area contributed by atoms with Gasteiger partial charge in [0.25, 0.3) is 11.8 Å². The molecule has 0 radical (unpaired) electrons. The van der Waals surface area contributed by atoms with Crippen molar-refractivity contribution >= 4 is 46.0 Å². The van der Waals surface area contributed by atoms with E-state index in [1.807, 2.05) is 6.08 Å². The largest absolute Gasteiger partial charge is 0.482 e. The average molecular weight is 559 g/mol. The highest BCUT2D eigenvalue weighted by Crippen LogP contribution is 2.35. The summed E-state index contributed by atoms with van der Waals surface area (Å²) < 4.78 is 33.1. The van der Waals surface area contributed by atoms with E-state index in [9.17, 15) is 18.4 Å². The molecule has 12 heteroatoms. The quantitative estimate of drug-likeness (QED) is 0.288. The summed E-state index contributed by atoms with van der Waals surface area (Å²) >= 11 is 1.41. The molecule has 0 saturated carbocycles. The van der Waals surface area contributed by atoms with Crippen molar-refractivity contribution in [3.63, 3.8) is 0 Å². The van der Waals surface area contributed by atoms with Crippen molar-refractivity contribution in [2.24, 2.45) is 0 Å². The SMILES string of the molecule is O=C1COc2cc(Nc3nccc(-c4scnc4C4=CCCC(NC(=O)c5cc(F)ccc5F)=C4)n3)ccc2N1. The van der Waals surface area contributed by atoms with E-state index in [4.69, 9.17) is 4.74 Å². The van der Waals surface area contributed by atoms with Crippen molar-refractivity contribution in [3.05, 3.63) is 94.9 Å². The molecule has 1 aliphatic heterocycles. The Labute approximate surface area is 230 Å². The van der Waals surface area contributed by atoms with Gasteiger partial charge in [0.15, 0.2) is 6.61 Å². The predicted molar refractivity (Wildman–Crippen MR) is 146 cm³/mol. The molecule has 40 heavy (non-hydrogen) atoms. The molecule has 3 heterocycles. The van der Waals surface area contributed by atoms with Crippen molar-refractivity contribution in [2.75, 3.05) is 17.2 Å². The van der Waals surface area contributed by atoms with Crippen LogP contribution in [-0.4, -0.2) is 33.4 Å². The van der Waals surface area contributed by atoms with Crippen molar-refractivity contribution < 1.29 is 23.1 Å². The minimum atomic E-state index is -0.796. The molecule has 4 aromatic rings. The molecule has 0 atom stereocenters. The summed E-state index contributed by atoms with van der Waals surface area (Å²) in [6.07, 6.45) is 6.57. The molecule has 0 spiro atoms. The molecule has 0 unspecified atom stereocenters. The van der Waals surface area contributed by atoms with E-state index in [0.717, 1.165) is 28.6 Å². The van der Waals surface area contributed by atoms with Gasteiger partial charge in [0.05, 0.1) is 33.0 Å². The first-order chi connectivity index (χ1) is 19.4. The smallest absolute Gasteiger partial charge is 0.262 e. The maximum Gasteiger partial charge on any atom is 0.262 e. The maximum absolute atomic E-state index is 14.1. The van der Waals surface area contributed by atoms with Crippen LogP contribution >= 0.6 is 11.3 Å². The lowest BCUT2D eigenvalue weighted by Gasteiger charge is -2.18. The minimum absolute atomic E-state index is 0.0476. The topological polar surface area (TPSA) is 118 Å². The molecule has 2 aliphatic rings. The summed E-state index contributed by atoms with van der Waals surface area (Å²) in [5, 5.41) is 8.60. The van der Waals surface area contributed by atoms with Crippen LogP contribution in [0, 0.1) is 11.6 Å². The first kappa shape index (κ1) is 25.3. The number of carbonyl (C=O) groups excluding carboxylic acids is 2. The van der Waals surface area contributed by atoms with Gasteiger partial charge in [-0.2, -0.15) is 0 Å². The molecule has 0 saturated heterocycles. The lowest BCUT2D eigenvalue weighted by molar-refractivity contribution is -0.118. The van der Waals surface area contributed by atoms with Crippen LogP contribution in [0.3, 0.4) is 0 Å². The van der Waals surface area contributed by atoms with E-state index in [1.54, 1.807) is 42.0 Å². The van der Waals surface area contributed by atoms with Crippen LogP contribution in [0.5, 0.6) is 5.75 Å². The number of allylic oxidation sites excluding steroid dienone is 4. The highest BCUT2D eigenvalue weighted by Gasteiger charge is 2.20. The zero-order valence-corrected chi connectivity index (χ0v) is 21.5. The van der Waals surface area contributed by atoms with Crippen LogP contribution in [0.25, 0.3) is 16.1 Å². The molecule has 9 nitrogen and oxygen atoms in total. The number of amides is 2. The normalized spacial score (nSPS) is 14.3. The molecule has 1 aliphatic carbocycles. The third-order valence-electron chi connectivity index (χ3n) is 6.15. The average Bonchev–Trinajstić information content (AvgIpc) is 3.45. The Morgan fingerprint density at radius 3 is 2.90 bits per heavy atom. The summed E-state index contributed by atoms with van der Waals surface area (Å²) in [6.45, 7) is -0.0476. The highest BCUT2D eigenvalue weighted by molar-refractivity contribution is 7.13. The van der Waals surface area contributed by atoms with Crippen molar-refractivity contribution in [1.29, 1.82) is 0 Å². The molecule has 2 aromatic heterocycles. The van der Waals surface area contributed by atoms with Gasteiger partial charge in [0.1, 0.15) is 17.4 Å². The Bertz CT molecular complexity index is 1720. The van der Waals surface area contributed by atoms with Crippen LogP contribution in [0.2, 0.25) is 0 Å². The molecule has 2 aromatic carbocycles. The summed E-state index contributed by atoms with van der Waals surface area (Å²) in [5.74, 6) is -1.51. The van der Waals surface area contributed by atoms with Gasteiger partial charge >= 0.3 is 0 Å². The standard InChI is InChI=1S/C28H20F2N6O3S/c29-16-4-6-20(30)19(11-16)27(38)33-17-3-1-2-15(10-17)25-26(40-14-32-25)22-8-9-31-28(36-22)34-18-5-7-21-23(12-18)39-13-24(37)35-21/h2,4-12,14H,1,3,13H2,(H,33,38)(H,35,37)(H,31,34,36). The van der Waals surface area contributed by atoms with Gasteiger partial charge in [-0.25, -0.2) is 23.7 Å². The van der Waals surface area contributed by atoms with E-state index < -0.39 is 17.5 Å². The van der Waals surface area contributed by atoms with Crippen molar-refractivity contribution in [2.45, 2.75) is 12.8 Å². The molecule has 200 valence electrons. The maximum atomic E-state index is 14.1. The number of thiazole rings is 1. The number of halogens is 2. The summed E-state index contributed by atoms with van der Waals surface area (Å²) in [5.41, 5.74) is 5.29. The van der Waals surface area contributed by atoms with Crippen LogP contribution in [0.15, 0.2) is 72.0 Å². The number of nitrogens with zero attached hydrogens (tertiary/aromatic N) is 3. The van der Waals surface area contributed by atoms with Crippen LogP contribution in [0.4, 0.5) is 26.1 Å². The zero-order chi connectivity index (χ0) is 27.6. The number of anilines is 3. The van der Waals surface area contributed by atoms with Crippen molar-refractivity contribution in [1.82, 2.24) is 20.3 Å². The molecule has 6 rings (SSSR count). The number of hydrogen-bond donors (Lipinski definition) is 3. The number of nitrogens with one attached hydrogen (secondary N) is 3. The number of benzene rings is 2. The van der Waals surface area contributed by atoms with E-state index in [-0.39, 0.29) is 18.1 Å². The van der Waals surface area contributed by atoms with Crippen molar-refractivity contribution in [3.8, 4) is 16.3 Å². The second kappa shape index (κ2) is 10.7. The lowest BCUT2D eigenvalue weighted by atomic mass is 10.00. The fourth-order valence-electron chi connectivity index (χ4n) is 4.31. The van der Waals surface area contributed by atoms with E-state index in [2.05, 4.69) is 30.9 Å². The molecule has 3 N–H and O–H groups in total. The predicted octanol–water partition coefficient (Wildman–Crippen LogP) is 5.44. The number of aromatic nitrogens is 3. The first-order valence-electron chi connectivity index (χ1n) is 12.2. The van der Waals surface area contributed by atoms with Gasteiger partial charge < -0.3 is 20.7 Å². The Morgan fingerprint density at radius 1 is 1.10 bits per heavy atom. The van der Waals surface area contributed by atoms with Gasteiger partial charge in [0, 0.05) is 23.6 Å². The minimum Gasteiger partial charge on any atom is -0.482 e. The van der Waals surface area contributed by atoms with E-state index in [1.165, 1.54) is 11.3 Å². The number of hydrogen-bond acceptors (Lipinski definition) is 8. The molecule has 2 amide bonds. The zero-order valence-electron chi connectivity index (χ0n) is 20.7. The Balaban J connectivity index is 1.21. The summed E-state index contributed by atoms with van der Waals surface area (Å²) in [4.78, 5) is 38.4. The van der Waals surface area contributed by atoms with Gasteiger partial charge in [-0.05, 0) is 60.9 Å². The fraction of sp³-hybridized carbons (Fsp3) is 0.107. The molecule has 0 fully saturated rings. The van der Waals surface area contributed by atoms with Crippen LogP contribution in [-0.2, 0) is 4.79 Å². The van der Waals surface area contributed by atoms with Crippen LogP contribution in [0.1, 0.15) is 28.9 Å². The highest BCUT2D eigenvalue weighted by atomic mass is 32.1. The molecular formula is C28H20F2N6O3S. The Morgan fingerprint density at radius 2 is 2.00 bits per heavy atom. The summed E-state index contributed by atoms with van der Waals surface area (Å²) in [6, 6.07) is 9.82. The Hall–Kier alpha value is -4.97. The Kier molecular flexibility index (Phi) is 6.74. The first-order valence-corrected chi connectivity index (χ1v) is 13.1. The van der Waals surface area contributed by atoms with Gasteiger partial charge in [0.2, 0.25) is 5.95 Å². The molecule has 0 bridgehead atoms. The third-order valence-corrected chi connectivity index (χ3v) is 7.00. The van der Waals surface area contributed by atoms with Gasteiger partial charge in [-0.3, -0.25) is 9.59 Å². The fourth-order valence-corrected chi connectivity index (χ4v) is 5.09. The van der Waals surface area contributed by atoms with Crippen LogP contribution < -0.4 is 20.7 Å². The number of carbonyl (C=O) groups is 2. The summed E-state index contributed by atoms with van der Waals surface area (Å²) in [7, 11) is 0. The van der Waals surface area contributed by atoms with E-state index in [0.29, 0.717) is 53.0 Å². The van der Waals surface area contributed by atoms with E-state index >= 15 is 0 Å². The van der Waals surface area contributed by atoms with Gasteiger partial charge in [-0.1, -0.05) is 6.08 Å². The number of fused-ring (bicyclic) bond motifs is 1. The molecular weight excluding hydrogens is 538 g/mol. The number of rotatable bonds is 6.